The van der Waals surface area contributed by atoms with Gasteiger partial charge in [-0.2, -0.15) is 0 Å². The molecule has 2 aromatic rings. The number of cyclic esters (lactones) is 1. The summed E-state index contributed by atoms with van der Waals surface area (Å²) >= 11 is 0. The van der Waals surface area contributed by atoms with Crippen LogP contribution in [0.5, 0.6) is 0 Å². The fourth-order valence-corrected chi connectivity index (χ4v) is 2.10. The highest BCUT2D eigenvalue weighted by Crippen LogP contribution is 2.30. The van der Waals surface area contributed by atoms with Gasteiger partial charge in [-0.3, -0.25) is 4.98 Å². The molecule has 3 heteroatoms. The predicted octanol–water partition coefficient (Wildman–Crippen LogP) is 2.78. The first-order chi connectivity index (χ1) is 8.34. The third kappa shape index (κ3) is 1.80. The Balaban J connectivity index is 2.11. The van der Waals surface area contributed by atoms with Gasteiger partial charge in [0.2, 0.25) is 0 Å². The Bertz CT molecular complexity index is 599. The third-order valence-electron chi connectivity index (χ3n) is 2.89. The van der Waals surface area contributed by atoms with Gasteiger partial charge >= 0.3 is 5.97 Å². The van der Waals surface area contributed by atoms with Crippen LogP contribution >= 0.6 is 0 Å². The van der Waals surface area contributed by atoms with Crippen LogP contribution in [-0.2, 0) is 9.53 Å². The van der Waals surface area contributed by atoms with E-state index in [-0.39, 0.29) is 12.1 Å². The highest BCUT2D eigenvalue weighted by atomic mass is 16.5. The second-order valence-electron chi connectivity index (χ2n) is 3.98. The Morgan fingerprint density at radius 2 is 2.12 bits per heavy atom. The van der Waals surface area contributed by atoms with Crippen LogP contribution in [0.4, 0.5) is 0 Å². The van der Waals surface area contributed by atoms with Gasteiger partial charge < -0.3 is 4.74 Å². The van der Waals surface area contributed by atoms with E-state index in [0.717, 1.165) is 22.9 Å². The standard InChI is InChI=1S/C14H11NO2/c16-14-7-3-6-13(17-14)11-8-9-15-12-5-2-1-4-10(11)12/h1-5,7-9,13H,6H2. The van der Waals surface area contributed by atoms with Crippen molar-refractivity contribution in [2.75, 3.05) is 0 Å². The predicted molar refractivity (Wildman–Crippen MR) is 64.3 cm³/mol. The minimum atomic E-state index is -0.276. The molecule has 0 fully saturated rings. The molecule has 1 unspecified atom stereocenters. The van der Waals surface area contributed by atoms with Crippen LogP contribution in [0, 0.1) is 0 Å². The summed E-state index contributed by atoms with van der Waals surface area (Å²) in [7, 11) is 0. The number of carbonyl (C=O) groups is 1. The molecule has 2 heterocycles. The maximum atomic E-state index is 11.3. The number of carbonyl (C=O) groups excluding carboxylic acids is 1. The summed E-state index contributed by atoms with van der Waals surface area (Å²) in [6, 6.07) is 9.79. The van der Waals surface area contributed by atoms with E-state index in [4.69, 9.17) is 4.74 Å². The lowest BCUT2D eigenvalue weighted by atomic mass is 10.0. The molecular formula is C14H11NO2. The number of fused-ring (bicyclic) bond motifs is 1. The molecule has 1 aliphatic heterocycles. The molecule has 0 N–H and O–H groups in total. The van der Waals surface area contributed by atoms with Crippen molar-refractivity contribution in [3.8, 4) is 0 Å². The van der Waals surface area contributed by atoms with E-state index in [0.29, 0.717) is 0 Å². The highest BCUT2D eigenvalue weighted by Gasteiger charge is 2.19. The number of aromatic nitrogens is 1. The van der Waals surface area contributed by atoms with E-state index in [2.05, 4.69) is 4.98 Å². The molecule has 0 saturated heterocycles. The lowest BCUT2D eigenvalue weighted by Gasteiger charge is -2.20. The molecule has 3 nitrogen and oxygen atoms in total. The lowest BCUT2D eigenvalue weighted by Crippen LogP contribution is -2.13. The molecule has 1 aromatic heterocycles. The normalized spacial score (nSPS) is 19.3. The first-order valence-corrected chi connectivity index (χ1v) is 5.55. The van der Waals surface area contributed by atoms with Crippen LogP contribution in [-0.4, -0.2) is 11.0 Å². The Hall–Kier alpha value is -2.16. The van der Waals surface area contributed by atoms with Gasteiger partial charge in [0.25, 0.3) is 0 Å². The zero-order valence-electron chi connectivity index (χ0n) is 9.17. The molecule has 0 aliphatic carbocycles. The largest absolute Gasteiger partial charge is 0.454 e. The molecule has 0 spiro atoms. The molecule has 1 aliphatic rings. The molecule has 17 heavy (non-hydrogen) atoms. The smallest absolute Gasteiger partial charge is 0.331 e. The summed E-state index contributed by atoms with van der Waals surface area (Å²) in [4.78, 5) is 15.6. The van der Waals surface area contributed by atoms with Crippen LogP contribution in [0.15, 0.2) is 48.7 Å². The minimum absolute atomic E-state index is 0.194. The molecular weight excluding hydrogens is 214 g/mol. The monoisotopic (exact) mass is 225 g/mol. The lowest BCUT2D eigenvalue weighted by molar-refractivity contribution is -0.144. The van der Waals surface area contributed by atoms with Crippen molar-refractivity contribution in [1.82, 2.24) is 4.98 Å². The molecule has 0 bridgehead atoms. The first kappa shape index (κ1) is 10.0. The first-order valence-electron chi connectivity index (χ1n) is 5.55. The average Bonchev–Trinajstić information content (AvgIpc) is 2.38. The molecule has 84 valence electrons. The second-order valence-corrected chi connectivity index (χ2v) is 3.98. The van der Waals surface area contributed by atoms with E-state index in [1.807, 2.05) is 36.4 Å². The van der Waals surface area contributed by atoms with Crippen molar-refractivity contribution in [2.45, 2.75) is 12.5 Å². The third-order valence-corrected chi connectivity index (χ3v) is 2.89. The van der Waals surface area contributed by atoms with Crippen LogP contribution < -0.4 is 0 Å². The summed E-state index contributed by atoms with van der Waals surface area (Å²) in [5.41, 5.74) is 1.95. The van der Waals surface area contributed by atoms with E-state index in [9.17, 15) is 4.79 Å². The number of esters is 1. The summed E-state index contributed by atoms with van der Waals surface area (Å²) in [5.74, 6) is -0.276. The van der Waals surface area contributed by atoms with Gasteiger partial charge in [0.15, 0.2) is 0 Å². The van der Waals surface area contributed by atoms with Crippen LogP contribution in [0.3, 0.4) is 0 Å². The second kappa shape index (κ2) is 4.01. The number of pyridine rings is 1. The van der Waals surface area contributed by atoms with Crippen molar-refractivity contribution < 1.29 is 9.53 Å². The summed E-state index contributed by atoms with van der Waals surface area (Å²) in [6.07, 6.45) is 5.61. The van der Waals surface area contributed by atoms with E-state index in [1.165, 1.54) is 6.08 Å². The zero-order valence-corrected chi connectivity index (χ0v) is 9.17. The number of ether oxygens (including phenoxy) is 1. The topological polar surface area (TPSA) is 39.2 Å². The van der Waals surface area contributed by atoms with E-state index < -0.39 is 0 Å². The van der Waals surface area contributed by atoms with Gasteiger partial charge in [-0.25, -0.2) is 4.79 Å². The SMILES string of the molecule is O=C1C=CCC(c2ccnc3ccccc23)O1. The summed E-state index contributed by atoms with van der Waals surface area (Å²) in [5, 5.41) is 1.04. The van der Waals surface area contributed by atoms with E-state index >= 15 is 0 Å². The summed E-state index contributed by atoms with van der Waals surface area (Å²) < 4.78 is 5.33. The van der Waals surface area contributed by atoms with Crippen LogP contribution in [0.1, 0.15) is 18.1 Å². The van der Waals surface area contributed by atoms with Gasteiger partial charge in [-0.1, -0.05) is 24.3 Å². The Morgan fingerprint density at radius 1 is 1.24 bits per heavy atom. The van der Waals surface area contributed by atoms with Gasteiger partial charge in [0.05, 0.1) is 5.52 Å². The molecule has 1 aromatic carbocycles. The average molecular weight is 225 g/mol. The van der Waals surface area contributed by atoms with E-state index in [1.54, 1.807) is 6.20 Å². The van der Waals surface area contributed by atoms with Crippen LogP contribution in [0.2, 0.25) is 0 Å². The Labute approximate surface area is 98.7 Å². The number of nitrogens with zero attached hydrogens (tertiary/aromatic N) is 1. The quantitative estimate of drug-likeness (QED) is 0.700. The van der Waals surface area contributed by atoms with Crippen molar-refractivity contribution in [2.24, 2.45) is 0 Å². The number of benzene rings is 1. The molecule has 0 radical (unpaired) electrons. The highest BCUT2D eigenvalue weighted by molar-refractivity contribution is 5.85. The van der Waals surface area contributed by atoms with Crippen molar-refractivity contribution >= 4 is 16.9 Å². The fraction of sp³-hybridized carbons (Fsp3) is 0.143. The van der Waals surface area contributed by atoms with Crippen LogP contribution in [0.25, 0.3) is 10.9 Å². The number of para-hydroxylation sites is 1. The molecule has 0 saturated carbocycles. The zero-order chi connectivity index (χ0) is 11.7. The van der Waals surface area contributed by atoms with Gasteiger partial charge in [0.1, 0.15) is 6.10 Å². The Morgan fingerprint density at radius 3 is 3.00 bits per heavy atom. The van der Waals surface area contributed by atoms with Gasteiger partial charge in [-0.15, -0.1) is 0 Å². The van der Waals surface area contributed by atoms with Crippen molar-refractivity contribution in [3.63, 3.8) is 0 Å². The maximum Gasteiger partial charge on any atom is 0.331 e. The number of hydrogen-bond donors (Lipinski definition) is 0. The molecule has 1 atom stereocenters. The minimum Gasteiger partial charge on any atom is -0.454 e. The Kier molecular flexibility index (Phi) is 2.37. The number of rotatable bonds is 1. The van der Waals surface area contributed by atoms with Gasteiger partial charge in [0, 0.05) is 29.6 Å². The van der Waals surface area contributed by atoms with Gasteiger partial charge in [-0.05, 0) is 12.1 Å². The molecule has 3 rings (SSSR count). The summed E-state index contributed by atoms with van der Waals surface area (Å²) in [6.45, 7) is 0. The number of hydrogen-bond acceptors (Lipinski definition) is 3. The molecule has 0 amide bonds. The maximum absolute atomic E-state index is 11.3. The fourth-order valence-electron chi connectivity index (χ4n) is 2.10. The van der Waals surface area contributed by atoms with Crippen molar-refractivity contribution in [1.29, 1.82) is 0 Å². The van der Waals surface area contributed by atoms with Crippen molar-refractivity contribution in [3.05, 3.63) is 54.2 Å².